The third-order valence-electron chi connectivity index (χ3n) is 6.63. The van der Waals surface area contributed by atoms with E-state index in [2.05, 4.69) is 5.32 Å². The lowest BCUT2D eigenvalue weighted by Crippen LogP contribution is -2.52. The lowest BCUT2D eigenvalue weighted by molar-refractivity contribution is -0.140. The van der Waals surface area contributed by atoms with E-state index in [0.29, 0.717) is 24.4 Å². The molecule has 1 unspecified atom stereocenters. The number of aryl methyl sites for hydroxylation is 1. The molecule has 0 spiro atoms. The molecule has 0 radical (unpaired) electrons. The number of ether oxygens (including phenoxy) is 1. The number of benzene rings is 3. The number of para-hydroxylation sites is 1. The van der Waals surface area contributed by atoms with Crippen LogP contribution >= 0.6 is 0 Å². The van der Waals surface area contributed by atoms with E-state index < -0.39 is 28.5 Å². The van der Waals surface area contributed by atoms with Crippen molar-refractivity contribution in [2.45, 2.75) is 57.5 Å². The first-order chi connectivity index (χ1) is 19.2. The Bertz CT molecular complexity index is 1360. The number of sulfonamides is 1. The van der Waals surface area contributed by atoms with Gasteiger partial charge in [-0.25, -0.2) is 8.42 Å². The molecule has 3 aromatic carbocycles. The number of carbonyl (C=O) groups excluding carboxylic acids is 2. The topological polar surface area (TPSA) is 96.0 Å². The van der Waals surface area contributed by atoms with Crippen LogP contribution in [-0.2, 0) is 26.2 Å². The van der Waals surface area contributed by atoms with Gasteiger partial charge in [0.05, 0.1) is 17.7 Å². The SMILES string of the molecule is CCCCNC(=O)C(CC)N(Cc1cccc(OC)c1)C(=O)CN(c1ccccc1)S(=O)(=O)c1ccc(C)cc1. The number of nitrogens with zero attached hydrogens (tertiary/aromatic N) is 2. The first kappa shape index (κ1) is 30.7. The molecule has 0 aromatic heterocycles. The molecule has 0 aliphatic heterocycles. The molecule has 0 aliphatic rings. The summed E-state index contributed by atoms with van der Waals surface area (Å²) >= 11 is 0. The molecule has 0 bridgehead atoms. The summed E-state index contributed by atoms with van der Waals surface area (Å²) in [5.41, 5.74) is 2.05. The van der Waals surface area contributed by atoms with Crippen molar-refractivity contribution in [2.75, 3.05) is 24.5 Å². The van der Waals surface area contributed by atoms with E-state index in [1.165, 1.54) is 17.0 Å². The van der Waals surface area contributed by atoms with E-state index >= 15 is 0 Å². The van der Waals surface area contributed by atoms with Crippen molar-refractivity contribution in [2.24, 2.45) is 0 Å². The number of nitrogens with one attached hydrogen (secondary N) is 1. The van der Waals surface area contributed by atoms with Gasteiger partial charge < -0.3 is 15.0 Å². The molecule has 0 fully saturated rings. The molecular weight excluding hydrogens is 526 g/mol. The predicted molar refractivity (Wildman–Crippen MR) is 158 cm³/mol. The third kappa shape index (κ3) is 7.85. The van der Waals surface area contributed by atoms with Gasteiger partial charge in [0, 0.05) is 13.1 Å². The van der Waals surface area contributed by atoms with Crippen molar-refractivity contribution in [1.82, 2.24) is 10.2 Å². The minimum atomic E-state index is -4.09. The van der Waals surface area contributed by atoms with E-state index in [1.54, 1.807) is 61.7 Å². The van der Waals surface area contributed by atoms with Crippen LogP contribution in [0, 0.1) is 6.92 Å². The Morgan fingerprint density at radius 1 is 0.950 bits per heavy atom. The van der Waals surface area contributed by atoms with Gasteiger partial charge in [-0.05, 0) is 61.7 Å². The van der Waals surface area contributed by atoms with Crippen molar-refractivity contribution in [3.05, 3.63) is 90.0 Å². The molecule has 0 saturated heterocycles. The molecule has 9 heteroatoms. The number of hydrogen-bond donors (Lipinski definition) is 1. The Morgan fingerprint density at radius 3 is 2.27 bits per heavy atom. The molecule has 1 atom stereocenters. The number of unbranched alkanes of at least 4 members (excludes halogenated alkanes) is 1. The van der Waals surface area contributed by atoms with Gasteiger partial charge in [-0.15, -0.1) is 0 Å². The van der Waals surface area contributed by atoms with Crippen LogP contribution in [0.4, 0.5) is 5.69 Å². The van der Waals surface area contributed by atoms with Crippen LogP contribution in [0.15, 0.2) is 83.8 Å². The van der Waals surface area contributed by atoms with E-state index in [1.807, 2.05) is 32.9 Å². The predicted octanol–water partition coefficient (Wildman–Crippen LogP) is 4.92. The summed E-state index contributed by atoms with van der Waals surface area (Å²) in [7, 11) is -2.53. The van der Waals surface area contributed by atoms with Crippen LogP contribution in [0.3, 0.4) is 0 Å². The van der Waals surface area contributed by atoms with Gasteiger partial charge >= 0.3 is 0 Å². The fraction of sp³-hybridized carbons (Fsp3) is 0.355. The Labute approximate surface area is 238 Å². The van der Waals surface area contributed by atoms with Gasteiger partial charge in [0.25, 0.3) is 10.0 Å². The summed E-state index contributed by atoms with van der Waals surface area (Å²) in [6.45, 7) is 5.90. The fourth-order valence-corrected chi connectivity index (χ4v) is 5.77. The maximum atomic E-state index is 14.1. The van der Waals surface area contributed by atoms with Crippen LogP contribution in [0.25, 0.3) is 0 Å². The van der Waals surface area contributed by atoms with E-state index in [4.69, 9.17) is 4.74 Å². The number of rotatable bonds is 14. The number of hydrogen-bond acceptors (Lipinski definition) is 5. The monoisotopic (exact) mass is 565 g/mol. The lowest BCUT2D eigenvalue weighted by atomic mass is 10.1. The summed E-state index contributed by atoms with van der Waals surface area (Å²) in [6.07, 6.45) is 2.11. The maximum absolute atomic E-state index is 14.1. The van der Waals surface area contributed by atoms with Crippen LogP contribution in [0.2, 0.25) is 0 Å². The first-order valence-electron chi connectivity index (χ1n) is 13.6. The van der Waals surface area contributed by atoms with Gasteiger partial charge in [-0.2, -0.15) is 0 Å². The minimum Gasteiger partial charge on any atom is -0.497 e. The standard InChI is InChI=1S/C31H39N3O5S/c1-5-7-20-32-31(36)29(6-2)33(22-25-12-11-15-27(21-25)39-4)30(35)23-34(26-13-9-8-10-14-26)40(37,38)28-18-16-24(3)17-19-28/h8-19,21,29H,5-7,20,22-23H2,1-4H3,(H,32,36). The molecule has 0 aliphatic carbocycles. The van der Waals surface area contributed by atoms with Crippen molar-refractivity contribution in [1.29, 1.82) is 0 Å². The average Bonchev–Trinajstić information content (AvgIpc) is 2.96. The largest absolute Gasteiger partial charge is 0.497 e. The van der Waals surface area contributed by atoms with Crippen molar-refractivity contribution < 1.29 is 22.7 Å². The molecule has 214 valence electrons. The van der Waals surface area contributed by atoms with E-state index in [-0.39, 0.29) is 17.3 Å². The van der Waals surface area contributed by atoms with Gasteiger partial charge in [-0.1, -0.05) is 68.3 Å². The highest BCUT2D eigenvalue weighted by Gasteiger charge is 2.33. The first-order valence-corrected chi connectivity index (χ1v) is 15.0. The quantitative estimate of drug-likeness (QED) is 0.280. The van der Waals surface area contributed by atoms with Crippen LogP contribution in [0.1, 0.15) is 44.2 Å². The molecule has 3 rings (SSSR count). The summed E-state index contributed by atoms with van der Waals surface area (Å²) in [5, 5.41) is 2.94. The molecule has 2 amide bonds. The highest BCUT2D eigenvalue weighted by molar-refractivity contribution is 7.92. The summed E-state index contributed by atoms with van der Waals surface area (Å²) in [6, 6.07) is 21.5. The molecule has 40 heavy (non-hydrogen) atoms. The van der Waals surface area contributed by atoms with E-state index in [9.17, 15) is 18.0 Å². The van der Waals surface area contributed by atoms with Gasteiger partial charge in [-0.3, -0.25) is 13.9 Å². The number of methoxy groups -OCH3 is 1. The van der Waals surface area contributed by atoms with Crippen molar-refractivity contribution >= 4 is 27.5 Å². The van der Waals surface area contributed by atoms with Crippen LogP contribution < -0.4 is 14.4 Å². The third-order valence-corrected chi connectivity index (χ3v) is 8.42. The Hall–Kier alpha value is -3.85. The van der Waals surface area contributed by atoms with Crippen LogP contribution in [0.5, 0.6) is 5.75 Å². The zero-order valence-corrected chi connectivity index (χ0v) is 24.5. The zero-order chi connectivity index (χ0) is 29.1. The highest BCUT2D eigenvalue weighted by atomic mass is 32.2. The average molecular weight is 566 g/mol. The molecule has 8 nitrogen and oxygen atoms in total. The summed E-state index contributed by atoms with van der Waals surface area (Å²) < 4.78 is 34.2. The second-order valence-corrected chi connectivity index (χ2v) is 11.5. The molecule has 3 aromatic rings. The van der Waals surface area contributed by atoms with E-state index in [0.717, 1.165) is 28.3 Å². The second kappa shape index (κ2) is 14.5. The Morgan fingerprint density at radius 2 is 1.65 bits per heavy atom. The molecule has 1 N–H and O–H groups in total. The smallest absolute Gasteiger partial charge is 0.264 e. The number of amides is 2. The Kier molecular flexibility index (Phi) is 11.1. The Balaban J connectivity index is 2.01. The van der Waals surface area contributed by atoms with Crippen molar-refractivity contribution in [3.8, 4) is 5.75 Å². The highest BCUT2D eigenvalue weighted by Crippen LogP contribution is 2.25. The van der Waals surface area contributed by atoms with Gasteiger partial charge in [0.1, 0.15) is 18.3 Å². The van der Waals surface area contributed by atoms with Crippen LogP contribution in [-0.4, -0.2) is 51.4 Å². The molecule has 0 heterocycles. The normalized spacial score (nSPS) is 11.9. The molecular formula is C31H39N3O5S. The summed E-state index contributed by atoms with van der Waals surface area (Å²) in [4.78, 5) is 28.9. The fourth-order valence-electron chi connectivity index (χ4n) is 4.35. The van der Waals surface area contributed by atoms with Crippen molar-refractivity contribution in [3.63, 3.8) is 0 Å². The minimum absolute atomic E-state index is 0.0819. The zero-order valence-electron chi connectivity index (χ0n) is 23.7. The number of carbonyl (C=O) groups is 2. The van der Waals surface area contributed by atoms with Gasteiger partial charge in [0.15, 0.2) is 0 Å². The second-order valence-electron chi connectivity index (χ2n) is 9.60. The molecule has 0 saturated carbocycles. The number of anilines is 1. The summed E-state index contributed by atoms with van der Waals surface area (Å²) in [5.74, 6) is -0.127. The maximum Gasteiger partial charge on any atom is 0.264 e. The van der Waals surface area contributed by atoms with Gasteiger partial charge in [0.2, 0.25) is 11.8 Å². The lowest BCUT2D eigenvalue weighted by Gasteiger charge is -2.33.